The number of Topliss-reactive ketones (excluding diaryl/α,β-unsaturated/α-hetero) is 1. The second-order valence-corrected chi connectivity index (χ2v) is 12.2. The number of para-hydroxylation sites is 1. The molecule has 1 aromatic heterocycles. The number of fused-ring (bicyclic) bond motifs is 2. The third kappa shape index (κ3) is 5.77. The minimum atomic E-state index is -0.893. The first-order valence-corrected chi connectivity index (χ1v) is 15.9. The smallest absolute Gasteiger partial charge is 0.299 e. The number of carbonyl (C=O) groups excluding carboxylic acids is 4. The largest absolute Gasteiger partial charge is 0.454 e. The zero-order valence-electron chi connectivity index (χ0n) is 24.8. The Balaban J connectivity index is 1.23. The Hall–Kier alpha value is -5.29. The van der Waals surface area contributed by atoms with E-state index < -0.39 is 30.2 Å². The van der Waals surface area contributed by atoms with Gasteiger partial charge in [-0.25, -0.2) is 4.98 Å². The molecule has 0 saturated heterocycles. The molecule has 1 aliphatic carbocycles. The van der Waals surface area contributed by atoms with Crippen LogP contribution in [0, 0.1) is 5.92 Å². The number of amides is 3. The Bertz CT molecular complexity index is 1850. The fourth-order valence-electron chi connectivity index (χ4n) is 6.15. The third-order valence-electron chi connectivity index (χ3n) is 8.42. The molecule has 3 amide bonds. The van der Waals surface area contributed by atoms with E-state index in [2.05, 4.69) is 11.4 Å². The molecule has 46 heavy (non-hydrogen) atoms. The van der Waals surface area contributed by atoms with Gasteiger partial charge in [-0.3, -0.25) is 24.1 Å². The van der Waals surface area contributed by atoms with Crippen molar-refractivity contribution in [2.45, 2.75) is 31.8 Å². The molecule has 0 spiro atoms. The fourth-order valence-corrected chi connectivity index (χ4v) is 6.95. The Morgan fingerprint density at radius 3 is 2.63 bits per heavy atom. The van der Waals surface area contributed by atoms with Gasteiger partial charge in [-0.2, -0.15) is 0 Å². The van der Waals surface area contributed by atoms with Crippen LogP contribution in [0.5, 0.6) is 11.5 Å². The first kappa shape index (κ1) is 29.4. The maximum atomic E-state index is 14.4. The molecule has 0 bridgehead atoms. The Labute approximate surface area is 269 Å². The lowest BCUT2D eigenvalue weighted by Gasteiger charge is -2.37. The number of nitrogens with zero attached hydrogens (tertiary/aromatic N) is 3. The summed E-state index contributed by atoms with van der Waals surface area (Å²) in [6.07, 6.45) is 6.17. The van der Waals surface area contributed by atoms with Crippen LogP contribution in [0.15, 0.2) is 90.3 Å². The summed E-state index contributed by atoms with van der Waals surface area (Å²) < 4.78 is 10.9. The van der Waals surface area contributed by atoms with Gasteiger partial charge in [-0.05, 0) is 49.4 Å². The minimum absolute atomic E-state index is 0.0490. The molecule has 3 heterocycles. The summed E-state index contributed by atoms with van der Waals surface area (Å²) in [5.41, 5.74) is 2.86. The topological polar surface area (TPSA) is 118 Å². The van der Waals surface area contributed by atoms with Crippen LogP contribution in [0.4, 0.5) is 11.4 Å². The van der Waals surface area contributed by atoms with Crippen LogP contribution in [0.25, 0.3) is 11.3 Å². The molecule has 0 unspecified atom stereocenters. The van der Waals surface area contributed by atoms with Crippen LogP contribution in [-0.2, 0) is 20.9 Å². The molecule has 0 radical (unpaired) electrons. The lowest BCUT2D eigenvalue weighted by atomic mass is 9.86. The van der Waals surface area contributed by atoms with Crippen LogP contribution in [0.3, 0.4) is 0 Å². The lowest BCUT2D eigenvalue weighted by Crippen LogP contribution is -2.54. The van der Waals surface area contributed by atoms with E-state index in [-0.39, 0.29) is 30.7 Å². The van der Waals surface area contributed by atoms with Crippen LogP contribution < -0.4 is 19.7 Å². The van der Waals surface area contributed by atoms with Crippen molar-refractivity contribution < 1.29 is 28.7 Å². The van der Waals surface area contributed by atoms with Gasteiger partial charge in [0.2, 0.25) is 18.6 Å². The molecule has 10 nitrogen and oxygen atoms in total. The first-order chi connectivity index (χ1) is 22.5. The fraction of sp³-hybridized carbons (Fsp3) is 0.229. The second kappa shape index (κ2) is 12.6. The summed E-state index contributed by atoms with van der Waals surface area (Å²) in [6.45, 7) is -0.242. The number of thiazole rings is 1. The number of ether oxygens (including phenoxy) is 2. The highest BCUT2D eigenvalue weighted by Gasteiger charge is 2.41. The summed E-state index contributed by atoms with van der Waals surface area (Å²) in [4.78, 5) is 62.0. The van der Waals surface area contributed by atoms with Gasteiger partial charge in [0.25, 0.3) is 11.7 Å². The van der Waals surface area contributed by atoms with Crippen LogP contribution in [0.2, 0.25) is 0 Å². The van der Waals surface area contributed by atoms with E-state index in [1.807, 2.05) is 41.8 Å². The SMILES string of the molecule is O=C1C(=O)N(CC(=O)N(Cc2nc(-c3ccccc3)cs2)[C@@H](C(=O)Nc2ccc3c(c2)OCO3)[C@@H]2CC=CCC2)c2ccccc21. The zero-order chi connectivity index (χ0) is 31.6. The standard InChI is InChI=1S/C35H30N4O6S/c40-31(19-38-27-14-8-7-13-25(27)33(41)35(38)43)39(18-30-37-26(20-46-30)22-9-3-1-4-10-22)32(23-11-5-2-6-12-23)34(42)36-24-15-16-28-29(17-24)45-21-44-28/h1-5,7-10,13-17,20,23,32H,6,11-12,18-19,21H2,(H,36,42)/t23-,32-/m1/s1. The number of hydrogen-bond acceptors (Lipinski definition) is 8. The molecular weight excluding hydrogens is 604 g/mol. The van der Waals surface area contributed by atoms with Gasteiger partial charge in [-0.15, -0.1) is 11.3 Å². The monoisotopic (exact) mass is 634 g/mol. The molecular formula is C35H30N4O6S. The van der Waals surface area contributed by atoms with Gasteiger partial charge in [0.15, 0.2) is 11.5 Å². The summed E-state index contributed by atoms with van der Waals surface area (Å²) in [7, 11) is 0. The highest BCUT2D eigenvalue weighted by molar-refractivity contribution is 7.09. The highest BCUT2D eigenvalue weighted by atomic mass is 32.1. The summed E-state index contributed by atoms with van der Waals surface area (Å²) >= 11 is 1.40. The maximum absolute atomic E-state index is 14.4. The van der Waals surface area contributed by atoms with Crippen molar-refractivity contribution in [3.8, 4) is 22.8 Å². The predicted molar refractivity (Wildman–Crippen MR) is 173 cm³/mol. The number of nitrogens with one attached hydrogen (secondary N) is 1. The molecule has 0 fully saturated rings. The Morgan fingerprint density at radius 1 is 1.00 bits per heavy atom. The van der Waals surface area contributed by atoms with Crippen LogP contribution >= 0.6 is 11.3 Å². The molecule has 232 valence electrons. The molecule has 1 N–H and O–H groups in total. The molecule has 0 saturated carbocycles. The molecule has 11 heteroatoms. The Kier molecular flexibility index (Phi) is 8.06. The van der Waals surface area contributed by atoms with Gasteiger partial charge in [-0.1, -0.05) is 54.6 Å². The number of ketones is 1. The first-order valence-electron chi connectivity index (χ1n) is 15.1. The van der Waals surface area contributed by atoms with Crippen molar-refractivity contribution in [1.29, 1.82) is 0 Å². The predicted octanol–water partition coefficient (Wildman–Crippen LogP) is 5.46. The van der Waals surface area contributed by atoms with Crippen LogP contribution in [-0.4, -0.2) is 52.8 Å². The number of hydrogen-bond donors (Lipinski definition) is 1. The van der Waals surface area contributed by atoms with Crippen molar-refractivity contribution in [3.63, 3.8) is 0 Å². The number of allylic oxidation sites excluding steroid dienone is 2. The van der Waals surface area contributed by atoms with Crippen molar-refractivity contribution in [1.82, 2.24) is 9.88 Å². The maximum Gasteiger partial charge on any atom is 0.299 e. The summed E-state index contributed by atoms with van der Waals surface area (Å²) in [5.74, 6) is -1.33. The average molecular weight is 635 g/mol. The van der Waals surface area contributed by atoms with Crippen molar-refractivity contribution >= 4 is 46.2 Å². The third-order valence-corrected chi connectivity index (χ3v) is 9.25. The van der Waals surface area contributed by atoms with Gasteiger partial charge < -0.3 is 19.7 Å². The van der Waals surface area contributed by atoms with Gasteiger partial charge in [0.05, 0.1) is 23.5 Å². The molecule has 3 aromatic carbocycles. The van der Waals surface area contributed by atoms with Gasteiger partial charge in [0, 0.05) is 22.7 Å². The molecule has 2 aliphatic heterocycles. The van der Waals surface area contributed by atoms with E-state index in [9.17, 15) is 19.2 Å². The van der Waals surface area contributed by atoms with Crippen molar-refractivity contribution in [2.75, 3.05) is 23.6 Å². The number of carbonyl (C=O) groups is 4. The van der Waals surface area contributed by atoms with Gasteiger partial charge in [0.1, 0.15) is 17.6 Å². The number of anilines is 2. The molecule has 7 rings (SSSR count). The van der Waals surface area contributed by atoms with Crippen molar-refractivity contribution in [2.24, 2.45) is 5.92 Å². The van der Waals surface area contributed by atoms with E-state index in [0.29, 0.717) is 40.7 Å². The average Bonchev–Trinajstić information content (AvgIpc) is 3.81. The van der Waals surface area contributed by atoms with E-state index in [0.717, 1.165) is 17.7 Å². The van der Waals surface area contributed by atoms with Crippen LogP contribution in [0.1, 0.15) is 34.6 Å². The number of aromatic nitrogens is 1. The highest BCUT2D eigenvalue weighted by Crippen LogP contribution is 2.36. The van der Waals surface area contributed by atoms with E-state index in [1.54, 1.807) is 42.5 Å². The lowest BCUT2D eigenvalue weighted by molar-refractivity contribution is -0.140. The summed E-state index contributed by atoms with van der Waals surface area (Å²) in [6, 6.07) is 20.6. The van der Waals surface area contributed by atoms with Gasteiger partial charge >= 0.3 is 0 Å². The van der Waals surface area contributed by atoms with E-state index in [4.69, 9.17) is 14.5 Å². The van der Waals surface area contributed by atoms with E-state index >= 15 is 0 Å². The zero-order valence-corrected chi connectivity index (χ0v) is 25.6. The Morgan fingerprint density at radius 2 is 1.80 bits per heavy atom. The molecule has 3 aliphatic rings. The normalized spacial score (nSPS) is 17.1. The summed E-state index contributed by atoms with van der Waals surface area (Å²) in [5, 5.41) is 5.57. The van der Waals surface area contributed by atoms with Crippen molar-refractivity contribution in [3.05, 3.63) is 101 Å². The molecule has 2 atom stereocenters. The number of benzene rings is 3. The molecule has 4 aromatic rings. The second-order valence-electron chi connectivity index (χ2n) is 11.3. The van der Waals surface area contributed by atoms with E-state index in [1.165, 1.54) is 21.1 Å². The number of rotatable bonds is 9. The quantitative estimate of drug-likeness (QED) is 0.192. The minimum Gasteiger partial charge on any atom is -0.454 e.